The lowest BCUT2D eigenvalue weighted by Gasteiger charge is -2.26. The molecule has 5 nitrogen and oxygen atoms in total. The molecular formula is C17H14BrF2N3O2S. The molecule has 1 aliphatic rings. The van der Waals surface area contributed by atoms with Crippen LogP contribution in [0.5, 0.6) is 0 Å². The van der Waals surface area contributed by atoms with Gasteiger partial charge in [-0.1, -0.05) is 22.0 Å². The number of aliphatic imine (C=N–C) groups is 1. The quantitative estimate of drug-likeness (QED) is 0.567. The molecule has 0 spiro atoms. The van der Waals surface area contributed by atoms with Gasteiger partial charge in [-0.05, 0) is 24.6 Å². The molecule has 1 unspecified atom stereocenters. The minimum atomic E-state index is -1.00. The Balaban J connectivity index is 2.13. The van der Waals surface area contributed by atoms with Crippen molar-refractivity contribution < 1.29 is 18.3 Å². The fourth-order valence-electron chi connectivity index (χ4n) is 2.52. The maximum atomic E-state index is 13.8. The third-order valence-electron chi connectivity index (χ3n) is 3.65. The van der Waals surface area contributed by atoms with E-state index in [4.69, 9.17) is 4.74 Å². The summed E-state index contributed by atoms with van der Waals surface area (Å²) in [7, 11) is 0. The molecule has 0 fully saturated rings. The van der Waals surface area contributed by atoms with Crippen molar-refractivity contribution in [3.05, 3.63) is 63.3 Å². The maximum absolute atomic E-state index is 13.8. The van der Waals surface area contributed by atoms with Crippen molar-refractivity contribution in [2.75, 3.05) is 11.9 Å². The Bertz CT molecular complexity index is 884. The minimum absolute atomic E-state index is 0.186. The number of esters is 1. The van der Waals surface area contributed by atoms with Gasteiger partial charge >= 0.3 is 5.97 Å². The van der Waals surface area contributed by atoms with Crippen molar-refractivity contribution in [1.82, 2.24) is 10.3 Å². The van der Waals surface area contributed by atoms with E-state index in [2.05, 4.69) is 31.2 Å². The number of rotatable bonds is 5. The number of aromatic nitrogens is 1. The second-order valence-corrected chi connectivity index (χ2v) is 6.72. The lowest BCUT2D eigenvalue weighted by Crippen LogP contribution is -2.34. The first-order valence-corrected chi connectivity index (χ1v) is 9.71. The van der Waals surface area contributed by atoms with Crippen LogP contribution in [0.4, 0.5) is 8.78 Å². The first-order valence-electron chi connectivity index (χ1n) is 7.70. The Labute approximate surface area is 160 Å². The SMILES string of the molecule is CCOC(=O)C1=C(CBr)NC(c2nccs2)=NC1c1ccc(F)c(F)c1. The van der Waals surface area contributed by atoms with Crippen LogP contribution in [0.1, 0.15) is 23.5 Å². The third kappa shape index (κ3) is 3.68. The van der Waals surface area contributed by atoms with Gasteiger partial charge in [0.25, 0.3) is 0 Å². The van der Waals surface area contributed by atoms with Crippen LogP contribution in [0, 0.1) is 11.6 Å². The molecule has 0 bridgehead atoms. The number of benzene rings is 1. The summed E-state index contributed by atoms with van der Waals surface area (Å²) in [6, 6.07) is 2.63. The van der Waals surface area contributed by atoms with E-state index in [-0.39, 0.29) is 12.2 Å². The summed E-state index contributed by atoms with van der Waals surface area (Å²) in [5.41, 5.74) is 1.13. The summed E-state index contributed by atoms with van der Waals surface area (Å²) in [6.07, 6.45) is 1.63. The van der Waals surface area contributed by atoms with E-state index in [0.717, 1.165) is 12.1 Å². The van der Waals surface area contributed by atoms with E-state index < -0.39 is 23.6 Å². The molecule has 0 saturated heterocycles. The van der Waals surface area contributed by atoms with Gasteiger partial charge in [0, 0.05) is 22.6 Å². The van der Waals surface area contributed by atoms with E-state index >= 15 is 0 Å². The van der Waals surface area contributed by atoms with Crippen LogP contribution in [0.2, 0.25) is 0 Å². The molecule has 1 aliphatic heterocycles. The first kappa shape index (κ1) is 18.7. The van der Waals surface area contributed by atoms with E-state index in [1.54, 1.807) is 18.5 Å². The Morgan fingerprint density at radius 1 is 1.38 bits per heavy atom. The zero-order valence-corrected chi connectivity index (χ0v) is 16.0. The van der Waals surface area contributed by atoms with E-state index in [9.17, 15) is 13.6 Å². The highest BCUT2D eigenvalue weighted by molar-refractivity contribution is 9.09. The number of alkyl halides is 1. The van der Waals surface area contributed by atoms with E-state index in [1.807, 2.05) is 0 Å². The van der Waals surface area contributed by atoms with Gasteiger partial charge in [0.2, 0.25) is 0 Å². The molecule has 136 valence electrons. The van der Waals surface area contributed by atoms with Gasteiger partial charge in [0.15, 0.2) is 22.5 Å². The number of amidine groups is 1. The van der Waals surface area contributed by atoms with Crippen LogP contribution >= 0.6 is 27.3 Å². The van der Waals surface area contributed by atoms with Crippen LogP contribution in [-0.4, -0.2) is 28.7 Å². The molecule has 0 saturated carbocycles. The largest absolute Gasteiger partial charge is 0.463 e. The fraction of sp³-hybridized carbons (Fsp3) is 0.235. The van der Waals surface area contributed by atoms with Gasteiger partial charge in [0.05, 0.1) is 12.2 Å². The van der Waals surface area contributed by atoms with E-state index in [1.165, 1.54) is 17.4 Å². The second kappa shape index (κ2) is 8.05. The summed E-state index contributed by atoms with van der Waals surface area (Å²) in [6.45, 7) is 1.88. The number of nitrogens with one attached hydrogen (secondary N) is 1. The van der Waals surface area contributed by atoms with Gasteiger partial charge in [-0.15, -0.1) is 11.3 Å². The number of carbonyl (C=O) groups is 1. The zero-order chi connectivity index (χ0) is 18.7. The molecule has 0 aliphatic carbocycles. The highest BCUT2D eigenvalue weighted by Gasteiger charge is 2.32. The average molecular weight is 442 g/mol. The molecule has 26 heavy (non-hydrogen) atoms. The van der Waals surface area contributed by atoms with Crippen LogP contribution in [0.3, 0.4) is 0 Å². The zero-order valence-electron chi connectivity index (χ0n) is 13.6. The topological polar surface area (TPSA) is 63.6 Å². The van der Waals surface area contributed by atoms with Crippen molar-refractivity contribution in [3.8, 4) is 0 Å². The van der Waals surface area contributed by atoms with Crippen LogP contribution in [0.15, 0.2) is 46.0 Å². The number of carbonyl (C=O) groups excluding carboxylic acids is 1. The van der Waals surface area contributed by atoms with Gasteiger partial charge < -0.3 is 10.1 Å². The molecule has 1 N–H and O–H groups in total. The third-order valence-corrected chi connectivity index (χ3v) is 4.99. The summed E-state index contributed by atoms with van der Waals surface area (Å²) >= 11 is 4.73. The predicted octanol–water partition coefficient (Wildman–Crippen LogP) is 3.72. The van der Waals surface area contributed by atoms with Crippen molar-refractivity contribution in [3.63, 3.8) is 0 Å². The first-order chi connectivity index (χ1) is 12.5. The van der Waals surface area contributed by atoms with Crippen LogP contribution < -0.4 is 5.32 Å². The smallest absolute Gasteiger partial charge is 0.338 e. The molecule has 2 heterocycles. The summed E-state index contributed by atoms with van der Waals surface area (Å²) in [5, 5.41) is 5.83. The normalized spacial score (nSPS) is 16.9. The van der Waals surface area contributed by atoms with Gasteiger partial charge in [0.1, 0.15) is 6.04 Å². The molecular weight excluding hydrogens is 428 g/mol. The Hall–Kier alpha value is -2.13. The Morgan fingerprint density at radius 3 is 2.81 bits per heavy atom. The minimum Gasteiger partial charge on any atom is -0.463 e. The van der Waals surface area contributed by atoms with Crippen LogP contribution in [-0.2, 0) is 9.53 Å². The Morgan fingerprint density at radius 2 is 2.19 bits per heavy atom. The van der Waals surface area contributed by atoms with E-state index in [0.29, 0.717) is 27.4 Å². The molecule has 1 aromatic heterocycles. The van der Waals surface area contributed by atoms with Crippen LogP contribution in [0.25, 0.3) is 0 Å². The lowest BCUT2D eigenvalue weighted by molar-refractivity contribution is -0.138. The predicted molar refractivity (Wildman–Crippen MR) is 98.3 cm³/mol. The summed E-state index contributed by atoms with van der Waals surface area (Å²) < 4.78 is 32.2. The molecule has 0 amide bonds. The molecule has 0 radical (unpaired) electrons. The molecule has 2 aromatic rings. The molecule has 9 heteroatoms. The number of hydrogen-bond donors (Lipinski definition) is 1. The number of halogens is 3. The highest BCUT2D eigenvalue weighted by atomic mass is 79.9. The number of hydrogen-bond acceptors (Lipinski definition) is 6. The van der Waals surface area contributed by atoms with Crippen molar-refractivity contribution in [1.29, 1.82) is 0 Å². The number of ether oxygens (including phenoxy) is 1. The fourth-order valence-corrected chi connectivity index (χ4v) is 3.55. The Kier molecular flexibility index (Phi) is 5.77. The number of allylic oxidation sites excluding steroid dienone is 1. The average Bonchev–Trinajstić information content (AvgIpc) is 3.17. The van der Waals surface area contributed by atoms with Gasteiger partial charge in [-0.3, -0.25) is 4.99 Å². The lowest BCUT2D eigenvalue weighted by atomic mass is 9.96. The van der Waals surface area contributed by atoms with Gasteiger partial charge in [-0.2, -0.15) is 0 Å². The highest BCUT2D eigenvalue weighted by Crippen LogP contribution is 2.33. The summed E-state index contributed by atoms with van der Waals surface area (Å²) in [4.78, 5) is 21.2. The maximum Gasteiger partial charge on any atom is 0.338 e. The molecule has 3 rings (SSSR count). The van der Waals surface area contributed by atoms with Gasteiger partial charge in [-0.25, -0.2) is 18.6 Å². The number of thiazole rings is 1. The number of nitrogens with zero attached hydrogens (tertiary/aromatic N) is 2. The summed E-state index contributed by atoms with van der Waals surface area (Å²) in [5.74, 6) is -2.08. The molecule has 1 atom stereocenters. The monoisotopic (exact) mass is 441 g/mol. The van der Waals surface area contributed by atoms with Crippen molar-refractivity contribution in [2.24, 2.45) is 4.99 Å². The standard InChI is InChI=1S/C17H14BrF2N3O2S/c1-2-25-17(24)13-12(8-18)22-15(16-21-5-6-26-16)23-14(13)9-3-4-10(19)11(20)7-9/h3-7,14H,2,8H2,1H3,(H,22,23). The molecule has 1 aromatic carbocycles. The van der Waals surface area contributed by atoms with Crippen molar-refractivity contribution >= 4 is 39.1 Å². The second-order valence-electron chi connectivity index (χ2n) is 5.26. The van der Waals surface area contributed by atoms with Crippen molar-refractivity contribution in [2.45, 2.75) is 13.0 Å².